The molecule has 23 heavy (non-hydrogen) atoms. The van der Waals surface area contributed by atoms with Crippen molar-refractivity contribution < 1.29 is 22.8 Å². The van der Waals surface area contributed by atoms with Gasteiger partial charge in [-0.05, 0) is 42.8 Å². The monoisotopic (exact) mass is 340 g/mol. The van der Waals surface area contributed by atoms with Crippen LogP contribution in [0.1, 0.15) is 12.8 Å². The topological polar surface area (TPSA) is 41.5 Å². The first-order valence-electron chi connectivity index (χ1n) is 7.14. The molecule has 1 unspecified atom stereocenters. The molecular formula is C17H18F2O3S. The van der Waals surface area contributed by atoms with E-state index in [1.807, 2.05) is 18.2 Å². The molecule has 0 saturated heterocycles. The van der Waals surface area contributed by atoms with Gasteiger partial charge in [0.2, 0.25) is 0 Å². The minimum atomic E-state index is -3.30. The number of methoxy groups -OCH3 is 1. The van der Waals surface area contributed by atoms with Crippen molar-refractivity contribution in [1.82, 2.24) is 0 Å². The van der Waals surface area contributed by atoms with Crippen molar-refractivity contribution in [3.63, 3.8) is 0 Å². The van der Waals surface area contributed by atoms with Crippen LogP contribution in [0.4, 0.5) is 8.78 Å². The molecule has 0 saturated carbocycles. The Morgan fingerprint density at radius 2 is 1.65 bits per heavy atom. The van der Waals surface area contributed by atoms with Crippen molar-refractivity contribution in [3.05, 3.63) is 54.6 Å². The van der Waals surface area contributed by atoms with E-state index in [2.05, 4.69) is 0 Å². The summed E-state index contributed by atoms with van der Waals surface area (Å²) in [5.74, 6) is 1.16. The van der Waals surface area contributed by atoms with Crippen LogP contribution < -0.4 is 9.47 Å². The van der Waals surface area contributed by atoms with Crippen LogP contribution in [0.25, 0.3) is 0 Å². The molecule has 0 fully saturated rings. The van der Waals surface area contributed by atoms with Gasteiger partial charge in [0.25, 0.3) is 0 Å². The first kappa shape index (κ1) is 17.6. The number of hydrogen-bond acceptors (Lipinski definition) is 3. The fourth-order valence-corrected chi connectivity index (χ4v) is 3.01. The minimum Gasteiger partial charge on any atom is -0.607 e. The van der Waals surface area contributed by atoms with Crippen molar-refractivity contribution in [3.8, 4) is 11.5 Å². The molecule has 1 atom stereocenters. The Morgan fingerprint density at radius 3 is 2.26 bits per heavy atom. The summed E-state index contributed by atoms with van der Waals surface area (Å²) in [6, 6.07) is 14.8. The van der Waals surface area contributed by atoms with Gasteiger partial charge < -0.3 is 14.0 Å². The number of hydrogen-bond donors (Lipinski definition) is 0. The predicted octanol–water partition coefficient (Wildman–Crippen LogP) is 4.25. The van der Waals surface area contributed by atoms with E-state index in [-0.39, 0.29) is 17.9 Å². The standard InChI is InChI=1S/C17H18F2O3S/c1-21-14-8-10-16(11-9-14)23(20)17(18,19)12-5-13-22-15-6-3-2-4-7-15/h2-4,6-11H,5,12-13H2,1H3. The summed E-state index contributed by atoms with van der Waals surface area (Å²) >= 11 is -2.40. The Hall–Kier alpha value is -1.79. The maximum Gasteiger partial charge on any atom is 0.411 e. The van der Waals surface area contributed by atoms with E-state index < -0.39 is 22.9 Å². The zero-order valence-electron chi connectivity index (χ0n) is 12.7. The van der Waals surface area contributed by atoms with Crippen molar-refractivity contribution in [2.75, 3.05) is 13.7 Å². The van der Waals surface area contributed by atoms with Crippen LogP contribution in [0.15, 0.2) is 59.5 Å². The number of ether oxygens (including phenoxy) is 2. The molecule has 0 aliphatic heterocycles. The number of rotatable bonds is 8. The molecule has 0 aliphatic rings. The zero-order valence-corrected chi connectivity index (χ0v) is 13.5. The highest BCUT2D eigenvalue weighted by atomic mass is 32.2. The summed E-state index contributed by atoms with van der Waals surface area (Å²) in [5.41, 5.74) is 0. The molecule has 2 aromatic rings. The van der Waals surface area contributed by atoms with Crippen LogP contribution in [-0.2, 0) is 11.2 Å². The van der Waals surface area contributed by atoms with Crippen LogP contribution in [-0.4, -0.2) is 23.5 Å². The summed E-state index contributed by atoms with van der Waals surface area (Å²) in [6.45, 7) is 0.152. The third kappa shape index (κ3) is 5.11. The second-order valence-electron chi connectivity index (χ2n) is 4.85. The van der Waals surface area contributed by atoms with E-state index in [0.29, 0.717) is 11.5 Å². The molecule has 0 aliphatic carbocycles. The summed E-state index contributed by atoms with van der Waals surface area (Å²) in [4.78, 5) is 0.0831. The Kier molecular flexibility index (Phi) is 6.24. The number of alkyl halides is 2. The van der Waals surface area contributed by atoms with Crippen LogP contribution in [0.2, 0.25) is 0 Å². The van der Waals surface area contributed by atoms with E-state index in [1.165, 1.54) is 31.4 Å². The molecule has 0 bridgehead atoms. The van der Waals surface area contributed by atoms with E-state index >= 15 is 0 Å². The lowest BCUT2D eigenvalue weighted by atomic mass is 10.3. The first-order valence-corrected chi connectivity index (χ1v) is 8.29. The van der Waals surface area contributed by atoms with Gasteiger partial charge in [-0.1, -0.05) is 18.2 Å². The predicted molar refractivity (Wildman–Crippen MR) is 85.5 cm³/mol. The summed E-state index contributed by atoms with van der Waals surface area (Å²) in [6.07, 6.45) is -0.387. The van der Waals surface area contributed by atoms with Crippen LogP contribution in [0.5, 0.6) is 11.5 Å². The Morgan fingerprint density at radius 1 is 1.00 bits per heavy atom. The van der Waals surface area contributed by atoms with Gasteiger partial charge in [-0.25, -0.2) is 0 Å². The molecule has 0 radical (unpaired) electrons. The highest BCUT2D eigenvalue weighted by molar-refractivity contribution is 7.92. The minimum absolute atomic E-state index is 0.0831. The lowest BCUT2D eigenvalue weighted by molar-refractivity contribution is 0.0745. The fraction of sp³-hybridized carbons (Fsp3) is 0.294. The number of benzene rings is 2. The van der Waals surface area contributed by atoms with Gasteiger partial charge in [-0.3, -0.25) is 0 Å². The van der Waals surface area contributed by atoms with Gasteiger partial charge in [-0.15, -0.1) is 0 Å². The Balaban J connectivity index is 1.84. The molecule has 2 rings (SSSR count). The second-order valence-corrected chi connectivity index (χ2v) is 6.45. The molecule has 3 nitrogen and oxygen atoms in total. The quantitative estimate of drug-likeness (QED) is 0.533. The van der Waals surface area contributed by atoms with E-state index in [1.54, 1.807) is 12.1 Å². The summed E-state index contributed by atoms with van der Waals surface area (Å²) < 4.78 is 50.4. The normalized spacial score (nSPS) is 12.7. The lowest BCUT2D eigenvalue weighted by Crippen LogP contribution is -2.29. The molecule has 0 amide bonds. The van der Waals surface area contributed by atoms with Gasteiger partial charge in [-0.2, -0.15) is 8.78 Å². The average Bonchev–Trinajstić information content (AvgIpc) is 2.59. The highest BCUT2D eigenvalue weighted by Crippen LogP contribution is 2.33. The van der Waals surface area contributed by atoms with Gasteiger partial charge in [0, 0.05) is 0 Å². The van der Waals surface area contributed by atoms with Crippen molar-refractivity contribution in [2.45, 2.75) is 23.0 Å². The maximum absolute atomic E-state index is 14.0. The van der Waals surface area contributed by atoms with E-state index in [4.69, 9.17) is 9.47 Å². The highest BCUT2D eigenvalue weighted by Gasteiger charge is 2.44. The van der Waals surface area contributed by atoms with E-state index in [9.17, 15) is 13.3 Å². The molecule has 0 aromatic heterocycles. The van der Waals surface area contributed by atoms with Crippen LogP contribution in [0, 0.1) is 0 Å². The molecule has 0 spiro atoms. The largest absolute Gasteiger partial charge is 0.607 e. The number of halogens is 2. The fourth-order valence-electron chi connectivity index (χ4n) is 1.95. The van der Waals surface area contributed by atoms with Crippen molar-refractivity contribution >= 4 is 11.2 Å². The lowest BCUT2D eigenvalue weighted by Gasteiger charge is -2.20. The molecule has 6 heteroatoms. The first-order chi connectivity index (χ1) is 11.0. The molecule has 124 valence electrons. The summed E-state index contributed by atoms with van der Waals surface area (Å²) in [7, 11) is 1.48. The second kappa shape index (κ2) is 8.17. The molecule has 0 heterocycles. The number of para-hydroxylation sites is 1. The van der Waals surface area contributed by atoms with Crippen molar-refractivity contribution in [2.24, 2.45) is 0 Å². The van der Waals surface area contributed by atoms with Gasteiger partial charge >= 0.3 is 5.25 Å². The SMILES string of the molecule is COc1ccc([S+]([O-])C(F)(F)CCCOc2ccccc2)cc1. The molecule has 2 aromatic carbocycles. The van der Waals surface area contributed by atoms with E-state index in [0.717, 1.165) is 0 Å². The smallest absolute Gasteiger partial charge is 0.411 e. The third-order valence-electron chi connectivity index (χ3n) is 3.17. The van der Waals surface area contributed by atoms with Crippen LogP contribution >= 0.6 is 0 Å². The Bertz CT molecular complexity index is 591. The van der Waals surface area contributed by atoms with Crippen LogP contribution in [0.3, 0.4) is 0 Å². The van der Waals surface area contributed by atoms with Gasteiger partial charge in [0.1, 0.15) is 11.5 Å². The molecular weight excluding hydrogens is 322 g/mol. The third-order valence-corrected chi connectivity index (χ3v) is 4.62. The molecule has 0 N–H and O–H groups in total. The summed E-state index contributed by atoms with van der Waals surface area (Å²) in [5, 5.41) is -3.30. The van der Waals surface area contributed by atoms with Gasteiger partial charge in [0.15, 0.2) is 4.90 Å². The zero-order chi connectivity index (χ0) is 16.7. The van der Waals surface area contributed by atoms with Gasteiger partial charge in [0.05, 0.1) is 31.3 Å². The average molecular weight is 340 g/mol. The van der Waals surface area contributed by atoms with Crippen molar-refractivity contribution in [1.29, 1.82) is 0 Å². The maximum atomic E-state index is 14.0. The Labute approximate surface area is 137 Å².